The first-order chi connectivity index (χ1) is 12.2. The highest BCUT2D eigenvalue weighted by Gasteiger charge is 2.07. The summed E-state index contributed by atoms with van der Waals surface area (Å²) in [6.45, 7) is 5.71. The predicted octanol–water partition coefficient (Wildman–Crippen LogP) is 2.22. The fraction of sp³-hybridized carbons (Fsp3) is 0.412. The fourth-order valence-electron chi connectivity index (χ4n) is 2.41. The van der Waals surface area contributed by atoms with Gasteiger partial charge in [0.2, 0.25) is 0 Å². The van der Waals surface area contributed by atoms with Crippen LogP contribution >= 0.6 is 11.3 Å². The van der Waals surface area contributed by atoms with Crippen LogP contribution in [0.3, 0.4) is 0 Å². The van der Waals surface area contributed by atoms with Crippen molar-refractivity contribution < 1.29 is 0 Å². The molecule has 0 aliphatic rings. The molecule has 0 radical (unpaired) electrons. The molecule has 25 heavy (non-hydrogen) atoms. The van der Waals surface area contributed by atoms with Gasteiger partial charge in [-0.2, -0.15) is 0 Å². The van der Waals surface area contributed by atoms with E-state index in [0.29, 0.717) is 12.5 Å². The molecule has 0 aliphatic carbocycles. The molecule has 0 saturated carbocycles. The molecular weight excluding hydrogens is 334 g/mol. The Hall–Kier alpha value is -2.48. The zero-order chi connectivity index (χ0) is 17.6. The van der Waals surface area contributed by atoms with Gasteiger partial charge in [0.15, 0.2) is 11.6 Å². The van der Waals surface area contributed by atoms with Crippen LogP contribution in [-0.4, -0.2) is 39.1 Å². The number of guanidine groups is 1. The van der Waals surface area contributed by atoms with Crippen LogP contribution in [0.4, 0.5) is 0 Å². The highest BCUT2D eigenvalue weighted by molar-refractivity contribution is 7.09. The lowest BCUT2D eigenvalue weighted by molar-refractivity contribution is 0.755. The van der Waals surface area contributed by atoms with Crippen molar-refractivity contribution in [3.63, 3.8) is 0 Å². The molecular formula is C17H23N7S. The van der Waals surface area contributed by atoms with Crippen LogP contribution in [0.1, 0.15) is 36.3 Å². The van der Waals surface area contributed by atoms with E-state index < -0.39 is 0 Å². The number of nitrogens with zero attached hydrogens (tertiary/aromatic N) is 5. The van der Waals surface area contributed by atoms with Crippen molar-refractivity contribution in [3.8, 4) is 0 Å². The maximum atomic E-state index is 4.62. The monoisotopic (exact) mass is 357 g/mol. The zero-order valence-electron chi connectivity index (χ0n) is 14.7. The molecule has 0 amide bonds. The first kappa shape index (κ1) is 17.3. The quantitative estimate of drug-likeness (QED) is 0.522. The Kier molecular flexibility index (Phi) is 5.60. The minimum absolute atomic E-state index is 0.459. The van der Waals surface area contributed by atoms with E-state index in [0.717, 1.165) is 41.1 Å². The summed E-state index contributed by atoms with van der Waals surface area (Å²) in [4.78, 5) is 8.88. The SMILES string of the molecule is CN=C(NCCc1nnc2ccccn12)NCc1nc(C(C)C)cs1. The Labute approximate surface area is 151 Å². The van der Waals surface area contributed by atoms with Gasteiger partial charge in [-0.1, -0.05) is 19.9 Å². The third-order valence-corrected chi connectivity index (χ3v) is 4.68. The molecule has 0 spiro atoms. The predicted molar refractivity (Wildman–Crippen MR) is 101 cm³/mol. The van der Waals surface area contributed by atoms with Gasteiger partial charge in [0.25, 0.3) is 0 Å². The van der Waals surface area contributed by atoms with E-state index >= 15 is 0 Å². The molecule has 0 fully saturated rings. The average molecular weight is 357 g/mol. The van der Waals surface area contributed by atoms with Crippen LogP contribution in [0.25, 0.3) is 5.65 Å². The second-order valence-corrected chi connectivity index (χ2v) is 6.91. The maximum Gasteiger partial charge on any atom is 0.191 e. The summed E-state index contributed by atoms with van der Waals surface area (Å²) < 4.78 is 2.00. The summed E-state index contributed by atoms with van der Waals surface area (Å²) >= 11 is 1.68. The fourth-order valence-corrected chi connectivity index (χ4v) is 3.30. The van der Waals surface area contributed by atoms with Gasteiger partial charge in [-0.3, -0.25) is 9.39 Å². The molecule has 7 nitrogen and oxygen atoms in total. The number of aromatic nitrogens is 4. The van der Waals surface area contributed by atoms with Crippen LogP contribution in [0, 0.1) is 0 Å². The number of fused-ring (bicyclic) bond motifs is 1. The van der Waals surface area contributed by atoms with Gasteiger partial charge in [0.05, 0.1) is 12.2 Å². The van der Waals surface area contributed by atoms with Crippen molar-refractivity contribution >= 4 is 22.9 Å². The van der Waals surface area contributed by atoms with Crippen molar-refractivity contribution in [1.82, 2.24) is 30.2 Å². The lowest BCUT2D eigenvalue weighted by Crippen LogP contribution is -2.38. The molecule has 3 aromatic heterocycles. The van der Waals surface area contributed by atoms with E-state index in [1.807, 2.05) is 28.8 Å². The largest absolute Gasteiger partial charge is 0.356 e. The first-order valence-corrected chi connectivity index (χ1v) is 9.23. The highest BCUT2D eigenvalue weighted by atomic mass is 32.1. The number of thiazole rings is 1. The Bertz CT molecular complexity index is 849. The first-order valence-electron chi connectivity index (χ1n) is 8.35. The van der Waals surface area contributed by atoms with Crippen LogP contribution in [0.5, 0.6) is 0 Å². The summed E-state index contributed by atoms with van der Waals surface area (Å²) in [6, 6.07) is 5.89. The third kappa shape index (κ3) is 4.33. The summed E-state index contributed by atoms with van der Waals surface area (Å²) in [5.41, 5.74) is 2.01. The van der Waals surface area contributed by atoms with E-state index in [1.54, 1.807) is 18.4 Å². The Morgan fingerprint density at radius 3 is 2.92 bits per heavy atom. The standard InChI is InChI=1S/C17H23N7S/c1-12(2)13-11-25-16(21-13)10-20-17(18-3)19-8-7-15-23-22-14-6-4-5-9-24(14)15/h4-6,9,11-12H,7-8,10H2,1-3H3,(H2,18,19,20). The summed E-state index contributed by atoms with van der Waals surface area (Å²) in [7, 11) is 1.77. The molecule has 0 saturated heterocycles. The second kappa shape index (κ2) is 8.06. The highest BCUT2D eigenvalue weighted by Crippen LogP contribution is 2.17. The summed E-state index contributed by atoms with van der Waals surface area (Å²) in [6.07, 6.45) is 2.74. The molecule has 0 aliphatic heterocycles. The number of nitrogens with one attached hydrogen (secondary N) is 2. The molecule has 0 unspecified atom stereocenters. The van der Waals surface area contributed by atoms with E-state index in [2.05, 4.69) is 50.0 Å². The molecule has 2 N–H and O–H groups in total. The van der Waals surface area contributed by atoms with Gasteiger partial charge in [-0.15, -0.1) is 21.5 Å². The molecule has 0 bridgehead atoms. The summed E-state index contributed by atoms with van der Waals surface area (Å²) in [5, 5.41) is 18.2. The minimum atomic E-state index is 0.459. The zero-order valence-corrected chi connectivity index (χ0v) is 15.5. The van der Waals surface area contributed by atoms with Crippen molar-refractivity contribution in [3.05, 3.63) is 46.3 Å². The number of rotatable bonds is 6. The average Bonchev–Trinajstić information content (AvgIpc) is 3.25. The number of hydrogen-bond donors (Lipinski definition) is 2. The smallest absolute Gasteiger partial charge is 0.191 e. The van der Waals surface area contributed by atoms with Gasteiger partial charge >= 0.3 is 0 Å². The van der Waals surface area contributed by atoms with Gasteiger partial charge in [-0.05, 0) is 18.1 Å². The number of pyridine rings is 1. The lowest BCUT2D eigenvalue weighted by atomic mass is 10.2. The molecule has 3 rings (SSSR count). The van der Waals surface area contributed by atoms with Crippen molar-refractivity contribution in [2.24, 2.45) is 4.99 Å². The normalized spacial score (nSPS) is 12.1. The number of aliphatic imine (C=N–C) groups is 1. The molecule has 3 heterocycles. The van der Waals surface area contributed by atoms with E-state index in [9.17, 15) is 0 Å². The van der Waals surface area contributed by atoms with Gasteiger partial charge in [0, 0.05) is 31.6 Å². The second-order valence-electron chi connectivity index (χ2n) is 5.97. The molecule has 0 aromatic carbocycles. The van der Waals surface area contributed by atoms with Crippen LogP contribution in [0.2, 0.25) is 0 Å². The van der Waals surface area contributed by atoms with E-state index in [4.69, 9.17) is 0 Å². The Morgan fingerprint density at radius 1 is 1.28 bits per heavy atom. The minimum Gasteiger partial charge on any atom is -0.356 e. The van der Waals surface area contributed by atoms with E-state index in [-0.39, 0.29) is 0 Å². The topological polar surface area (TPSA) is 79.5 Å². The van der Waals surface area contributed by atoms with Crippen molar-refractivity contribution in [2.75, 3.05) is 13.6 Å². The molecule has 132 valence electrons. The molecule has 8 heteroatoms. The van der Waals surface area contributed by atoms with Gasteiger partial charge < -0.3 is 10.6 Å². The van der Waals surface area contributed by atoms with Gasteiger partial charge in [-0.25, -0.2) is 4.98 Å². The van der Waals surface area contributed by atoms with Crippen molar-refractivity contribution in [1.29, 1.82) is 0 Å². The molecule has 0 atom stereocenters. The maximum absolute atomic E-state index is 4.62. The number of hydrogen-bond acceptors (Lipinski definition) is 5. The lowest BCUT2D eigenvalue weighted by Gasteiger charge is -2.10. The van der Waals surface area contributed by atoms with Crippen LogP contribution < -0.4 is 10.6 Å². The summed E-state index contributed by atoms with van der Waals surface area (Å²) in [5.74, 6) is 2.15. The Balaban J connectivity index is 1.49. The van der Waals surface area contributed by atoms with Crippen molar-refractivity contribution in [2.45, 2.75) is 32.7 Å². The third-order valence-electron chi connectivity index (χ3n) is 3.82. The Morgan fingerprint density at radius 2 is 2.16 bits per heavy atom. The van der Waals surface area contributed by atoms with Crippen LogP contribution in [-0.2, 0) is 13.0 Å². The molecule has 3 aromatic rings. The van der Waals surface area contributed by atoms with Crippen LogP contribution in [0.15, 0.2) is 34.8 Å². The van der Waals surface area contributed by atoms with Gasteiger partial charge in [0.1, 0.15) is 10.8 Å². The van der Waals surface area contributed by atoms with E-state index in [1.165, 1.54) is 0 Å².